The Labute approximate surface area is 118 Å². The molecular formula is C12H11BrClNO3. The van der Waals surface area contributed by atoms with Crippen molar-refractivity contribution in [1.29, 1.82) is 0 Å². The predicted octanol–water partition coefficient (Wildman–Crippen LogP) is 2.79. The maximum Gasteiger partial charge on any atom is 0.326 e. The van der Waals surface area contributed by atoms with E-state index in [1.54, 1.807) is 18.2 Å². The van der Waals surface area contributed by atoms with Crippen LogP contribution in [0.15, 0.2) is 22.7 Å². The largest absolute Gasteiger partial charge is 0.480 e. The zero-order valence-corrected chi connectivity index (χ0v) is 11.7. The zero-order valence-electron chi connectivity index (χ0n) is 9.40. The van der Waals surface area contributed by atoms with Crippen LogP contribution in [0.1, 0.15) is 23.2 Å². The van der Waals surface area contributed by atoms with Crippen LogP contribution in [-0.4, -0.2) is 34.5 Å². The summed E-state index contributed by atoms with van der Waals surface area (Å²) in [5, 5.41) is 9.39. The van der Waals surface area contributed by atoms with Gasteiger partial charge in [0.2, 0.25) is 0 Å². The van der Waals surface area contributed by atoms with Crippen molar-refractivity contribution in [3.63, 3.8) is 0 Å². The molecule has 0 aromatic heterocycles. The summed E-state index contributed by atoms with van der Waals surface area (Å²) in [5.74, 6) is -1.29. The van der Waals surface area contributed by atoms with Crippen LogP contribution in [0.25, 0.3) is 0 Å². The molecule has 1 unspecified atom stereocenters. The van der Waals surface area contributed by atoms with Crippen molar-refractivity contribution < 1.29 is 14.7 Å². The lowest BCUT2D eigenvalue weighted by atomic mass is 10.1. The molecule has 1 aliphatic rings. The van der Waals surface area contributed by atoms with E-state index in [9.17, 15) is 9.59 Å². The quantitative estimate of drug-likeness (QED) is 0.906. The smallest absolute Gasteiger partial charge is 0.326 e. The highest BCUT2D eigenvalue weighted by Crippen LogP contribution is 2.29. The minimum atomic E-state index is -0.966. The highest BCUT2D eigenvalue weighted by Gasteiger charge is 2.35. The van der Waals surface area contributed by atoms with E-state index >= 15 is 0 Å². The Morgan fingerprint density at radius 2 is 2.17 bits per heavy atom. The number of carboxylic acids is 1. The predicted molar refractivity (Wildman–Crippen MR) is 70.8 cm³/mol. The first-order valence-corrected chi connectivity index (χ1v) is 6.67. The Bertz CT molecular complexity index is 506. The summed E-state index contributed by atoms with van der Waals surface area (Å²) in [6.07, 6.45) is 1.20. The van der Waals surface area contributed by atoms with Gasteiger partial charge in [-0.1, -0.05) is 17.7 Å². The molecule has 1 aromatic rings. The van der Waals surface area contributed by atoms with E-state index in [4.69, 9.17) is 16.7 Å². The number of carbonyl (C=O) groups excluding carboxylic acids is 1. The van der Waals surface area contributed by atoms with E-state index in [1.165, 1.54) is 4.90 Å². The molecule has 96 valence electrons. The summed E-state index contributed by atoms with van der Waals surface area (Å²) in [7, 11) is 0. The second-order valence-corrected chi connectivity index (χ2v) is 5.33. The summed E-state index contributed by atoms with van der Waals surface area (Å²) >= 11 is 9.30. The third-order valence-electron chi connectivity index (χ3n) is 2.98. The maximum absolute atomic E-state index is 12.3. The summed E-state index contributed by atoms with van der Waals surface area (Å²) in [5.41, 5.74) is 0.333. The van der Waals surface area contributed by atoms with Crippen LogP contribution in [0.3, 0.4) is 0 Å². The molecule has 0 spiro atoms. The molecule has 1 fully saturated rings. The second kappa shape index (κ2) is 5.28. The Morgan fingerprint density at radius 1 is 1.44 bits per heavy atom. The summed E-state index contributed by atoms with van der Waals surface area (Å²) < 4.78 is 0.626. The molecule has 0 radical (unpaired) electrons. The van der Waals surface area contributed by atoms with Gasteiger partial charge in [-0.15, -0.1) is 0 Å². The molecule has 0 aliphatic carbocycles. The molecule has 1 atom stereocenters. The number of amides is 1. The maximum atomic E-state index is 12.3. The van der Waals surface area contributed by atoms with Crippen molar-refractivity contribution in [2.24, 2.45) is 0 Å². The van der Waals surface area contributed by atoms with E-state index in [0.29, 0.717) is 34.4 Å². The fraction of sp³-hybridized carbons (Fsp3) is 0.333. The summed E-state index contributed by atoms with van der Waals surface area (Å²) in [4.78, 5) is 24.7. The third-order valence-corrected chi connectivity index (χ3v) is 4.28. The molecule has 1 aliphatic heterocycles. The number of benzene rings is 1. The van der Waals surface area contributed by atoms with Crippen molar-refractivity contribution in [1.82, 2.24) is 4.90 Å². The normalized spacial score (nSPS) is 19.0. The van der Waals surface area contributed by atoms with Crippen molar-refractivity contribution in [2.45, 2.75) is 18.9 Å². The second-order valence-electron chi connectivity index (χ2n) is 4.10. The topological polar surface area (TPSA) is 57.6 Å². The van der Waals surface area contributed by atoms with E-state index in [2.05, 4.69) is 15.9 Å². The van der Waals surface area contributed by atoms with Gasteiger partial charge >= 0.3 is 5.97 Å². The van der Waals surface area contributed by atoms with Crippen LogP contribution in [-0.2, 0) is 4.79 Å². The number of carboxylic acid groups (broad SMARTS) is 1. The fourth-order valence-electron chi connectivity index (χ4n) is 2.09. The number of rotatable bonds is 2. The van der Waals surface area contributed by atoms with Gasteiger partial charge in [-0.05, 0) is 40.9 Å². The van der Waals surface area contributed by atoms with Crippen LogP contribution in [0, 0.1) is 0 Å². The number of carbonyl (C=O) groups is 2. The van der Waals surface area contributed by atoms with Gasteiger partial charge in [-0.25, -0.2) is 4.79 Å². The van der Waals surface area contributed by atoms with E-state index in [-0.39, 0.29) is 5.91 Å². The van der Waals surface area contributed by atoms with E-state index in [1.807, 2.05) is 0 Å². The summed E-state index contributed by atoms with van der Waals surface area (Å²) in [6, 6.07) is 4.30. The fourth-order valence-corrected chi connectivity index (χ4v) is 2.66. The van der Waals surface area contributed by atoms with Gasteiger partial charge in [0.1, 0.15) is 6.04 Å². The zero-order chi connectivity index (χ0) is 13.3. The third kappa shape index (κ3) is 2.37. The monoisotopic (exact) mass is 331 g/mol. The Kier molecular flexibility index (Phi) is 3.92. The average Bonchev–Trinajstić information content (AvgIpc) is 2.81. The molecule has 18 heavy (non-hydrogen) atoms. The molecule has 4 nitrogen and oxygen atoms in total. The number of nitrogens with zero attached hydrogens (tertiary/aromatic N) is 1. The first-order chi connectivity index (χ1) is 8.52. The number of aliphatic carboxylic acids is 1. The molecule has 1 amide bonds. The molecule has 1 N–H and O–H groups in total. The Balaban J connectivity index is 2.31. The standard InChI is InChI=1S/C12H11BrClNO3/c13-8-4-1-3-7(10(8)14)11(16)15-6-2-5-9(15)12(17)18/h1,3-4,9H,2,5-6H2,(H,17,18). The Morgan fingerprint density at radius 3 is 2.83 bits per heavy atom. The number of likely N-dealkylation sites (tertiary alicyclic amines) is 1. The molecule has 6 heteroatoms. The van der Waals surface area contributed by atoms with Gasteiger partial charge in [0.15, 0.2) is 0 Å². The molecule has 2 rings (SSSR count). The number of hydrogen-bond donors (Lipinski definition) is 1. The van der Waals surface area contributed by atoms with Crippen LogP contribution < -0.4 is 0 Å². The van der Waals surface area contributed by atoms with Crippen molar-refractivity contribution in [3.8, 4) is 0 Å². The van der Waals surface area contributed by atoms with Gasteiger partial charge in [0.25, 0.3) is 5.91 Å². The first-order valence-electron chi connectivity index (χ1n) is 5.50. The van der Waals surface area contributed by atoms with E-state index < -0.39 is 12.0 Å². The lowest BCUT2D eigenvalue weighted by Crippen LogP contribution is -2.40. The minimum absolute atomic E-state index is 0.318. The van der Waals surface area contributed by atoms with Gasteiger partial charge < -0.3 is 10.0 Å². The molecular weight excluding hydrogens is 321 g/mol. The number of halogens is 2. The van der Waals surface area contributed by atoms with Crippen molar-refractivity contribution >= 4 is 39.4 Å². The van der Waals surface area contributed by atoms with E-state index in [0.717, 1.165) is 0 Å². The molecule has 1 heterocycles. The van der Waals surface area contributed by atoms with Crippen LogP contribution in [0.2, 0.25) is 5.02 Å². The minimum Gasteiger partial charge on any atom is -0.480 e. The SMILES string of the molecule is O=C(O)C1CCCN1C(=O)c1cccc(Br)c1Cl. The first kappa shape index (κ1) is 13.4. The van der Waals surface area contributed by atoms with Crippen molar-refractivity contribution in [3.05, 3.63) is 33.3 Å². The molecule has 0 bridgehead atoms. The summed E-state index contributed by atoms with van der Waals surface area (Å²) in [6.45, 7) is 0.457. The van der Waals surface area contributed by atoms with Gasteiger partial charge in [0.05, 0.1) is 10.6 Å². The lowest BCUT2D eigenvalue weighted by Gasteiger charge is -2.22. The Hall–Kier alpha value is -1.07. The van der Waals surface area contributed by atoms with Gasteiger partial charge in [-0.2, -0.15) is 0 Å². The van der Waals surface area contributed by atoms with Crippen LogP contribution in [0.4, 0.5) is 0 Å². The number of hydrogen-bond acceptors (Lipinski definition) is 2. The van der Waals surface area contributed by atoms with Gasteiger partial charge in [0, 0.05) is 11.0 Å². The lowest BCUT2D eigenvalue weighted by molar-refractivity contribution is -0.141. The van der Waals surface area contributed by atoms with Crippen molar-refractivity contribution in [2.75, 3.05) is 6.54 Å². The average molecular weight is 333 g/mol. The van der Waals surface area contributed by atoms with Gasteiger partial charge in [-0.3, -0.25) is 4.79 Å². The molecule has 0 saturated carbocycles. The van der Waals surface area contributed by atoms with Crippen LogP contribution in [0.5, 0.6) is 0 Å². The molecule has 1 aromatic carbocycles. The highest BCUT2D eigenvalue weighted by atomic mass is 79.9. The van der Waals surface area contributed by atoms with Crippen LogP contribution >= 0.6 is 27.5 Å². The highest BCUT2D eigenvalue weighted by molar-refractivity contribution is 9.10. The molecule has 1 saturated heterocycles.